The van der Waals surface area contributed by atoms with E-state index in [2.05, 4.69) is 22.5 Å². The minimum atomic E-state index is 0.136. The van der Waals surface area contributed by atoms with Crippen molar-refractivity contribution in [2.24, 2.45) is 5.92 Å². The smallest absolute Gasteiger partial charge is 0.227 e. The molecule has 0 aromatic carbocycles. The third-order valence-electron chi connectivity index (χ3n) is 3.59. The van der Waals surface area contributed by atoms with Gasteiger partial charge in [-0.25, -0.2) is 4.98 Å². The lowest BCUT2D eigenvalue weighted by Gasteiger charge is -2.23. The zero-order chi connectivity index (χ0) is 13.5. The Morgan fingerprint density at radius 2 is 2.21 bits per heavy atom. The van der Waals surface area contributed by atoms with Crippen molar-refractivity contribution >= 4 is 17.4 Å². The molecular formula is C15H23N3O. The fourth-order valence-corrected chi connectivity index (χ4v) is 2.08. The van der Waals surface area contributed by atoms with Gasteiger partial charge in [-0.3, -0.25) is 4.79 Å². The van der Waals surface area contributed by atoms with Gasteiger partial charge in [-0.2, -0.15) is 0 Å². The first-order valence-corrected chi connectivity index (χ1v) is 7.30. The van der Waals surface area contributed by atoms with Gasteiger partial charge in [-0.05, 0) is 31.4 Å². The Morgan fingerprint density at radius 3 is 2.79 bits per heavy atom. The summed E-state index contributed by atoms with van der Waals surface area (Å²) in [7, 11) is 0. The number of pyridine rings is 1. The van der Waals surface area contributed by atoms with Crippen molar-refractivity contribution in [2.45, 2.75) is 45.4 Å². The van der Waals surface area contributed by atoms with Crippen molar-refractivity contribution in [2.75, 3.05) is 17.2 Å². The Bertz CT molecular complexity index is 398. The van der Waals surface area contributed by atoms with Gasteiger partial charge in [0.15, 0.2) is 0 Å². The minimum Gasteiger partial charge on any atom is -0.370 e. The molecule has 1 aliphatic rings. The van der Waals surface area contributed by atoms with Crippen LogP contribution >= 0.6 is 0 Å². The van der Waals surface area contributed by atoms with E-state index in [1.165, 1.54) is 25.7 Å². The van der Waals surface area contributed by atoms with Gasteiger partial charge in [0, 0.05) is 12.5 Å². The molecule has 0 unspecified atom stereocenters. The van der Waals surface area contributed by atoms with Crippen LogP contribution in [0, 0.1) is 5.92 Å². The molecule has 2 N–H and O–H groups in total. The lowest BCUT2D eigenvalue weighted by atomic mass is 9.85. The fraction of sp³-hybridized carbons (Fsp3) is 0.600. The summed E-state index contributed by atoms with van der Waals surface area (Å²) in [4.78, 5) is 16.1. The molecule has 0 bridgehead atoms. The third kappa shape index (κ3) is 4.23. The molecule has 1 aromatic rings. The summed E-state index contributed by atoms with van der Waals surface area (Å²) in [5.74, 6) is 1.22. The molecule has 0 atom stereocenters. The van der Waals surface area contributed by atoms with E-state index in [1.807, 2.05) is 12.1 Å². The molecule has 1 aliphatic carbocycles. The lowest BCUT2D eigenvalue weighted by molar-refractivity contribution is -0.122. The molecule has 1 heterocycles. The average molecular weight is 261 g/mol. The van der Waals surface area contributed by atoms with Crippen LogP contribution in [0.5, 0.6) is 0 Å². The molecule has 2 rings (SSSR count). The molecule has 104 valence electrons. The maximum absolute atomic E-state index is 11.8. The standard InChI is InChI=1S/C15H23N3O/c1-2-3-4-10-16-14-9-8-13(11-17-14)18-15(19)12-6-5-7-12/h8-9,11-12H,2-7,10H2,1H3,(H,16,17)(H,18,19). The number of hydrogen-bond donors (Lipinski definition) is 2. The van der Waals surface area contributed by atoms with E-state index in [1.54, 1.807) is 6.20 Å². The Kier molecular flexibility index (Phi) is 5.19. The zero-order valence-corrected chi connectivity index (χ0v) is 11.6. The summed E-state index contributed by atoms with van der Waals surface area (Å²) >= 11 is 0. The zero-order valence-electron chi connectivity index (χ0n) is 11.6. The first-order chi connectivity index (χ1) is 9.29. The van der Waals surface area contributed by atoms with Crippen molar-refractivity contribution in [3.63, 3.8) is 0 Å². The van der Waals surface area contributed by atoms with Gasteiger partial charge in [-0.1, -0.05) is 26.2 Å². The Hall–Kier alpha value is -1.58. The van der Waals surface area contributed by atoms with Crippen molar-refractivity contribution in [3.05, 3.63) is 18.3 Å². The van der Waals surface area contributed by atoms with Gasteiger partial charge < -0.3 is 10.6 Å². The quantitative estimate of drug-likeness (QED) is 0.739. The average Bonchev–Trinajstić information content (AvgIpc) is 2.34. The highest BCUT2D eigenvalue weighted by molar-refractivity contribution is 5.92. The van der Waals surface area contributed by atoms with E-state index in [0.717, 1.165) is 30.9 Å². The molecule has 0 saturated heterocycles. The van der Waals surface area contributed by atoms with Crippen LogP contribution in [-0.2, 0) is 4.79 Å². The van der Waals surface area contributed by atoms with Crippen LogP contribution in [0.1, 0.15) is 45.4 Å². The second-order valence-corrected chi connectivity index (χ2v) is 5.18. The molecule has 1 amide bonds. The van der Waals surface area contributed by atoms with Crippen LogP contribution in [0.4, 0.5) is 11.5 Å². The van der Waals surface area contributed by atoms with Gasteiger partial charge in [0.25, 0.3) is 0 Å². The first-order valence-electron chi connectivity index (χ1n) is 7.30. The van der Waals surface area contributed by atoms with Gasteiger partial charge in [0.2, 0.25) is 5.91 Å². The monoisotopic (exact) mass is 261 g/mol. The maximum atomic E-state index is 11.8. The summed E-state index contributed by atoms with van der Waals surface area (Å²) in [6.07, 6.45) is 8.57. The number of carbonyl (C=O) groups excluding carboxylic acids is 1. The van der Waals surface area contributed by atoms with Crippen molar-refractivity contribution < 1.29 is 4.79 Å². The Morgan fingerprint density at radius 1 is 1.37 bits per heavy atom. The van der Waals surface area contributed by atoms with Crippen LogP contribution in [-0.4, -0.2) is 17.4 Å². The van der Waals surface area contributed by atoms with E-state index >= 15 is 0 Å². The molecule has 4 nitrogen and oxygen atoms in total. The predicted octanol–water partition coefficient (Wildman–Crippen LogP) is 3.42. The summed E-state index contributed by atoms with van der Waals surface area (Å²) in [6.45, 7) is 3.15. The number of nitrogens with zero attached hydrogens (tertiary/aromatic N) is 1. The fourth-order valence-electron chi connectivity index (χ4n) is 2.08. The van der Waals surface area contributed by atoms with Crippen LogP contribution in [0.3, 0.4) is 0 Å². The number of carbonyl (C=O) groups is 1. The van der Waals surface area contributed by atoms with E-state index in [4.69, 9.17) is 0 Å². The van der Waals surface area contributed by atoms with E-state index in [0.29, 0.717) is 0 Å². The Balaban J connectivity index is 1.75. The largest absolute Gasteiger partial charge is 0.370 e. The Labute approximate surface area is 115 Å². The number of amides is 1. The molecule has 1 aromatic heterocycles. The number of anilines is 2. The topological polar surface area (TPSA) is 54.0 Å². The van der Waals surface area contributed by atoms with Gasteiger partial charge in [0.1, 0.15) is 5.82 Å². The number of aromatic nitrogens is 1. The molecular weight excluding hydrogens is 238 g/mol. The van der Waals surface area contributed by atoms with E-state index < -0.39 is 0 Å². The summed E-state index contributed by atoms with van der Waals surface area (Å²) < 4.78 is 0. The van der Waals surface area contributed by atoms with Crippen LogP contribution in [0.15, 0.2) is 18.3 Å². The predicted molar refractivity (Wildman–Crippen MR) is 78.2 cm³/mol. The van der Waals surface area contributed by atoms with E-state index in [-0.39, 0.29) is 11.8 Å². The van der Waals surface area contributed by atoms with Crippen molar-refractivity contribution in [1.29, 1.82) is 0 Å². The minimum absolute atomic E-state index is 0.136. The maximum Gasteiger partial charge on any atom is 0.227 e. The first kappa shape index (κ1) is 13.8. The number of nitrogens with one attached hydrogen (secondary N) is 2. The molecule has 1 fully saturated rings. The molecule has 0 aliphatic heterocycles. The normalized spacial score (nSPS) is 14.8. The van der Waals surface area contributed by atoms with E-state index in [9.17, 15) is 4.79 Å². The second-order valence-electron chi connectivity index (χ2n) is 5.18. The second kappa shape index (κ2) is 7.12. The van der Waals surface area contributed by atoms with Crippen molar-refractivity contribution in [3.8, 4) is 0 Å². The number of hydrogen-bond acceptors (Lipinski definition) is 3. The lowest BCUT2D eigenvalue weighted by Crippen LogP contribution is -2.28. The highest BCUT2D eigenvalue weighted by atomic mass is 16.1. The molecule has 0 spiro atoms. The van der Waals surface area contributed by atoms with Crippen LogP contribution < -0.4 is 10.6 Å². The highest BCUT2D eigenvalue weighted by Crippen LogP contribution is 2.27. The summed E-state index contributed by atoms with van der Waals surface area (Å²) in [5, 5.41) is 6.20. The van der Waals surface area contributed by atoms with Gasteiger partial charge in [-0.15, -0.1) is 0 Å². The van der Waals surface area contributed by atoms with Crippen LogP contribution in [0.25, 0.3) is 0 Å². The molecule has 1 saturated carbocycles. The summed E-state index contributed by atoms with van der Waals surface area (Å²) in [5.41, 5.74) is 0.788. The van der Waals surface area contributed by atoms with Gasteiger partial charge >= 0.3 is 0 Å². The molecule has 0 radical (unpaired) electrons. The van der Waals surface area contributed by atoms with Gasteiger partial charge in [0.05, 0.1) is 11.9 Å². The number of rotatable bonds is 7. The third-order valence-corrected chi connectivity index (χ3v) is 3.59. The van der Waals surface area contributed by atoms with Crippen LogP contribution in [0.2, 0.25) is 0 Å². The SMILES string of the molecule is CCCCCNc1ccc(NC(=O)C2CCC2)cn1. The molecule has 19 heavy (non-hydrogen) atoms. The van der Waals surface area contributed by atoms with Crippen molar-refractivity contribution in [1.82, 2.24) is 4.98 Å². The molecule has 4 heteroatoms. The summed E-state index contributed by atoms with van der Waals surface area (Å²) in [6, 6.07) is 3.83. The highest BCUT2D eigenvalue weighted by Gasteiger charge is 2.25. The number of unbranched alkanes of at least 4 members (excludes halogenated alkanes) is 2.